The van der Waals surface area contributed by atoms with E-state index in [0.29, 0.717) is 94.0 Å². The van der Waals surface area contributed by atoms with Gasteiger partial charge in [-0.05, 0) is 142 Å². The van der Waals surface area contributed by atoms with E-state index in [9.17, 15) is 64.3 Å². The van der Waals surface area contributed by atoms with Crippen molar-refractivity contribution >= 4 is 16.0 Å². The Morgan fingerprint density at radius 1 is 0.375 bits per heavy atom. The molecule has 10 aliphatic heterocycles. The van der Waals surface area contributed by atoms with E-state index in [-0.39, 0.29) is 62.9 Å². The monoisotopic (exact) mass is 1980 g/mol. The first-order chi connectivity index (χ1) is 63.8. The number of aliphatic hydroxyl groups excluding tert-OH is 16. The molecule has 0 aromatic heterocycles. The van der Waals surface area contributed by atoms with Crippen molar-refractivity contribution in [3.8, 4) is 0 Å². The van der Waals surface area contributed by atoms with Gasteiger partial charge in [0.15, 0.2) is 0 Å². The van der Waals surface area contributed by atoms with Gasteiger partial charge in [-0.3, -0.25) is 24.0 Å². The number of ether oxygens (including phenoxy) is 1. The van der Waals surface area contributed by atoms with Crippen LogP contribution in [0.15, 0.2) is 0 Å². The highest BCUT2D eigenvalue weighted by molar-refractivity contribution is 7.85. The van der Waals surface area contributed by atoms with Gasteiger partial charge in [-0.2, -0.15) is 8.42 Å². The predicted molar refractivity (Wildman–Crippen MR) is 549 cm³/mol. The summed E-state index contributed by atoms with van der Waals surface area (Å²) in [5, 5.41) is 145. The number of amides is 1. The Balaban J connectivity index is 0.00000148. The number of hydrogen-bond acceptors (Lipinski definition) is 32. The molecule has 10 heterocycles. The minimum Gasteiger partial charge on any atom is -0.396 e. The first-order valence-corrected chi connectivity index (χ1v) is 54.0. The first-order valence-electron chi connectivity index (χ1n) is 52.4. The van der Waals surface area contributed by atoms with Gasteiger partial charge in [-0.15, -0.1) is 0 Å². The van der Waals surface area contributed by atoms with Crippen LogP contribution in [0.4, 0.5) is 0 Å². The van der Waals surface area contributed by atoms with Crippen molar-refractivity contribution in [2.24, 2.45) is 105 Å². The fraction of sp³-hybridized carbons (Fsp3) is 0.990. The Bertz CT molecular complexity index is 2830. The van der Waals surface area contributed by atoms with Gasteiger partial charge in [0.25, 0.3) is 10.1 Å². The number of hydrogen-bond donors (Lipinski definition) is 18. The topological polar surface area (TPSA) is 469 Å². The van der Waals surface area contributed by atoms with E-state index >= 15 is 0 Å². The highest BCUT2D eigenvalue weighted by atomic mass is 32.2. The largest absolute Gasteiger partial charge is 0.396 e. The van der Waals surface area contributed by atoms with Crippen molar-refractivity contribution in [3.05, 3.63) is 0 Å². The quantitative estimate of drug-likeness (QED) is 0.0308. The molecular weight excluding hydrogens is 1760 g/mol. The van der Waals surface area contributed by atoms with Gasteiger partial charge in [-0.1, -0.05) is 152 Å². The van der Waals surface area contributed by atoms with Gasteiger partial charge >= 0.3 is 0 Å². The molecule has 10 aliphatic rings. The minimum atomic E-state index is -4.16. The van der Waals surface area contributed by atoms with Crippen molar-refractivity contribution in [1.82, 2.24) is 58.8 Å². The van der Waals surface area contributed by atoms with Crippen LogP contribution in [0.25, 0.3) is 0 Å². The number of carbonyl (C=O) groups is 1. The summed E-state index contributed by atoms with van der Waals surface area (Å²) in [6.45, 7) is 83.6. The Labute approximate surface area is 827 Å². The molecule has 0 bridgehead atoms. The second-order valence-electron chi connectivity index (χ2n) is 45.7. The molecule has 816 valence electrons. The summed E-state index contributed by atoms with van der Waals surface area (Å²) in [5.41, 5.74) is 3.54. The number of nitrogens with zero attached hydrogens (tertiary/aromatic N) is 12. The number of likely N-dealkylation sites (tertiary alicyclic amines) is 9. The molecule has 0 aromatic rings. The van der Waals surface area contributed by atoms with Crippen molar-refractivity contribution in [1.29, 1.82) is 0 Å². The summed E-state index contributed by atoms with van der Waals surface area (Å²) in [5.74, 6) is 8.38. The third kappa shape index (κ3) is 61.0. The molecule has 0 aliphatic carbocycles. The van der Waals surface area contributed by atoms with E-state index in [1.807, 2.05) is 0 Å². The molecule has 1 amide bonds. The van der Waals surface area contributed by atoms with E-state index in [1.165, 1.54) is 84.8 Å². The van der Waals surface area contributed by atoms with Gasteiger partial charge in [0.2, 0.25) is 5.91 Å². The molecule has 0 aromatic carbocycles. The molecule has 5 atom stereocenters. The number of piperazine rings is 1. The molecule has 35 heteroatoms. The third-order valence-corrected chi connectivity index (χ3v) is 26.5. The van der Waals surface area contributed by atoms with Crippen molar-refractivity contribution in [2.45, 2.75) is 227 Å². The summed E-state index contributed by atoms with van der Waals surface area (Å²) < 4.78 is 35.3. The van der Waals surface area contributed by atoms with Crippen LogP contribution in [0.2, 0.25) is 0 Å². The SMILES string of the molecule is CC(C)C(=O)N(CCCS(=O)(=O)O)C(CO)(CO)CO.CC(C)CN1CC(CN)C1.CC(C)CN1CC(CO)(CO)C1.CC(C)CN1CC(CO)C1.CC(C)CN1CC(COCCO)C1.CC(C)CN1CCC(CO)(CO)CC1.CC(C)CN1CCC(CO)CC1.CC(C)CN1CCN(CCO)CC1.CC(C)CN1CC[C@@H](O)C1.CC(C)CN1C[C@@H](O)[C@@H](O)C1.CC(C)CN1C[C@H](O)[C@@H](O)C1. The normalized spacial score (nSPS) is 22.7. The fourth-order valence-electron chi connectivity index (χ4n) is 18.5. The zero-order valence-corrected chi connectivity index (χ0v) is 90.8. The van der Waals surface area contributed by atoms with Gasteiger partial charge in [-0.25, -0.2) is 0 Å². The lowest BCUT2D eigenvalue weighted by Crippen LogP contribution is -2.60. The average Bonchev–Trinajstić information content (AvgIpc) is 0.977. The molecule has 10 saturated heterocycles. The second kappa shape index (κ2) is 74.2. The Morgan fingerprint density at radius 3 is 1.00 bits per heavy atom. The summed E-state index contributed by atoms with van der Waals surface area (Å²) in [4.78, 5) is 39.1. The van der Waals surface area contributed by atoms with E-state index in [2.05, 4.69) is 192 Å². The summed E-state index contributed by atoms with van der Waals surface area (Å²) in [6, 6.07) is 0. The number of carbonyl (C=O) groups excluding carboxylic acids is 1. The maximum atomic E-state index is 12.1. The zero-order valence-electron chi connectivity index (χ0n) is 90.0. The number of nitrogens with two attached hydrogens (primary N) is 1. The van der Waals surface area contributed by atoms with Gasteiger partial charge in [0, 0.05) is 238 Å². The van der Waals surface area contributed by atoms with Crippen LogP contribution in [0.1, 0.15) is 191 Å². The highest BCUT2D eigenvalue weighted by Crippen LogP contribution is 2.32. The fourth-order valence-corrected chi connectivity index (χ4v) is 19.0. The van der Waals surface area contributed by atoms with E-state index < -0.39 is 77.5 Å². The number of β-amino-alcohol motifs (C(OH)–C–C–N with tert-alkyl or cyclic N) is 6. The van der Waals surface area contributed by atoms with Crippen molar-refractivity contribution in [3.63, 3.8) is 0 Å². The Kier molecular flexibility index (Phi) is 73.2. The molecule has 0 radical (unpaired) electrons. The lowest BCUT2D eigenvalue weighted by molar-refractivity contribution is -0.149. The lowest BCUT2D eigenvalue weighted by Gasteiger charge is -2.48. The van der Waals surface area contributed by atoms with Gasteiger partial charge in [0.1, 0.15) is 5.54 Å². The number of rotatable bonds is 42. The van der Waals surface area contributed by atoms with E-state index in [4.69, 9.17) is 45.7 Å². The van der Waals surface area contributed by atoms with E-state index in [1.54, 1.807) is 13.8 Å². The lowest BCUT2D eigenvalue weighted by atomic mass is 9.80. The maximum absolute atomic E-state index is 12.1. The zero-order chi connectivity index (χ0) is 104. The van der Waals surface area contributed by atoms with Crippen LogP contribution in [0.3, 0.4) is 0 Å². The Hall–Kier alpha value is -1.78. The van der Waals surface area contributed by atoms with E-state index in [0.717, 1.165) is 197 Å². The van der Waals surface area contributed by atoms with Crippen LogP contribution in [-0.2, 0) is 19.6 Å². The Morgan fingerprint density at radius 2 is 0.691 bits per heavy atom. The maximum Gasteiger partial charge on any atom is 0.264 e. The van der Waals surface area contributed by atoms with Crippen molar-refractivity contribution < 1.29 is 104 Å². The average molecular weight is 1980 g/mol. The molecule has 10 fully saturated rings. The smallest absolute Gasteiger partial charge is 0.264 e. The number of piperidine rings is 2. The van der Waals surface area contributed by atoms with Crippen LogP contribution < -0.4 is 5.73 Å². The summed E-state index contributed by atoms with van der Waals surface area (Å²) >= 11 is 0. The van der Waals surface area contributed by atoms with Crippen LogP contribution in [-0.4, -0.2) is 516 Å². The third-order valence-electron chi connectivity index (χ3n) is 25.7. The van der Waals surface area contributed by atoms with Gasteiger partial charge < -0.3 is 136 Å². The highest BCUT2D eigenvalue weighted by Gasteiger charge is 2.43. The molecule has 0 unspecified atom stereocenters. The van der Waals surface area contributed by atoms with Crippen LogP contribution in [0, 0.1) is 99.6 Å². The van der Waals surface area contributed by atoms with Crippen LogP contribution >= 0.6 is 0 Å². The van der Waals surface area contributed by atoms with Gasteiger partial charge in [0.05, 0.1) is 109 Å². The van der Waals surface area contributed by atoms with Crippen LogP contribution in [0.5, 0.6) is 0 Å². The standard InChI is InChI=1S/C11H23NO7S.C11H23NO2.C10H22N2O.C10H21NO2.C10H21NO.C9H19NO2.C8H18N2.2C8H17NO2.2C8H17NO/c1-9(2)10(16)12(4-3-5-20(17,18)19)11(6-13,7-14)8-15;1-10(2)7-12-5-3-11(8-13,9-14)4-6-12;1-10(2)9-12-5-3-11(4-6-12)7-8-13;1-9(2)5-11-6-10(7-11)8-13-4-3-12;1-9(2)7-11-5-3-10(8-12)4-6-11;1-8(2)3-10-4-9(5-10,6-11)7-12;1-7(2)4-10-5-8(3-9)6-10;2*1-6(2)3-9-4-7(10)8(11)5-9;1-7(2)3-9-4-8(5-9)6-10;1-7(2)5-9-4-3-8(10)6-9/h9,13-15H,3-8H2,1-2H3,(H,17,18,19);10,13-14H,3-9H2,1-2H3;10,13H,3-9H2,1-2H3;9-10,12H,3-8H2,1-2H3;9-10,12H,3-8H2,1-2H3;8,11-12H,3-7H2,1-2H3;7-8H,3-6,9H2,1-2H3;2*6-8,10-11H,3-5H2,1-2H3;2*7-8,10H,3-6H2,1-2H3/t;;;;;;;7-,8+;7-,8-;;8-/m........0.1/s1. The predicted octanol–water partition coefficient (Wildman–Crippen LogP) is 2.45. The van der Waals surface area contributed by atoms with Crippen molar-refractivity contribution in [2.75, 3.05) is 321 Å². The molecule has 19 N–H and O–H groups in total. The first kappa shape index (κ1) is 134. The second-order valence-corrected chi connectivity index (χ2v) is 47.3. The molecule has 0 saturated carbocycles. The molecule has 136 heavy (non-hydrogen) atoms. The number of aliphatic hydroxyl groups is 16. The molecule has 34 nitrogen and oxygen atoms in total. The summed E-state index contributed by atoms with van der Waals surface area (Å²) in [6.07, 6.45) is 2.92. The molecule has 10 rings (SSSR count). The molecule has 0 spiro atoms. The minimum absolute atomic E-state index is 0.0567. The summed E-state index contributed by atoms with van der Waals surface area (Å²) in [7, 11) is -4.16. The molecular formula is C101H215N13O21S.